The Hall–Kier alpha value is -1.94. The molecule has 2 aromatic heterocycles. The molecule has 0 spiro atoms. The summed E-state index contributed by atoms with van der Waals surface area (Å²) >= 11 is 0. The Morgan fingerprint density at radius 1 is 1.28 bits per heavy atom. The summed E-state index contributed by atoms with van der Waals surface area (Å²) in [5.41, 5.74) is 15.4. The van der Waals surface area contributed by atoms with E-state index in [0.717, 1.165) is 24.0 Å². The van der Waals surface area contributed by atoms with E-state index in [2.05, 4.69) is 16.9 Å². The van der Waals surface area contributed by atoms with Crippen molar-refractivity contribution in [2.45, 2.75) is 25.8 Å². The van der Waals surface area contributed by atoms with Gasteiger partial charge in [0.05, 0.1) is 0 Å². The standard InChI is InChI=1S/C14H18N4/c1-2-11-9-17-5-4-12(11)13(15)7-10-3-6-18-14(16)8-10/h3-6,8-9,13H,2,7,15H2,1H3,(H2,16,18). The van der Waals surface area contributed by atoms with Crippen LogP contribution >= 0.6 is 0 Å². The summed E-state index contributed by atoms with van der Waals surface area (Å²) in [6.45, 7) is 2.11. The Labute approximate surface area is 107 Å². The van der Waals surface area contributed by atoms with E-state index in [0.29, 0.717) is 5.82 Å². The summed E-state index contributed by atoms with van der Waals surface area (Å²) in [4.78, 5) is 8.11. The zero-order valence-electron chi connectivity index (χ0n) is 10.5. The van der Waals surface area contributed by atoms with Crippen molar-refractivity contribution < 1.29 is 0 Å². The van der Waals surface area contributed by atoms with E-state index in [4.69, 9.17) is 11.5 Å². The minimum Gasteiger partial charge on any atom is -0.384 e. The molecule has 0 aliphatic rings. The molecular formula is C14H18N4. The number of hydrogen-bond donors (Lipinski definition) is 2. The summed E-state index contributed by atoms with van der Waals surface area (Å²) < 4.78 is 0. The Bertz CT molecular complexity index is 525. The minimum atomic E-state index is -0.0373. The monoisotopic (exact) mass is 242 g/mol. The third kappa shape index (κ3) is 2.84. The number of anilines is 1. The van der Waals surface area contributed by atoms with Crippen LogP contribution < -0.4 is 11.5 Å². The van der Waals surface area contributed by atoms with E-state index >= 15 is 0 Å². The number of hydrogen-bond acceptors (Lipinski definition) is 4. The SMILES string of the molecule is CCc1cnccc1C(N)Cc1ccnc(N)c1. The van der Waals surface area contributed by atoms with Crippen LogP contribution in [0.2, 0.25) is 0 Å². The number of aromatic nitrogens is 2. The maximum absolute atomic E-state index is 6.26. The topological polar surface area (TPSA) is 77.8 Å². The van der Waals surface area contributed by atoms with Gasteiger partial charge in [-0.2, -0.15) is 0 Å². The summed E-state index contributed by atoms with van der Waals surface area (Å²) in [7, 11) is 0. The lowest BCUT2D eigenvalue weighted by atomic mass is 9.96. The largest absolute Gasteiger partial charge is 0.384 e. The van der Waals surface area contributed by atoms with Gasteiger partial charge >= 0.3 is 0 Å². The van der Waals surface area contributed by atoms with Gasteiger partial charge in [-0.25, -0.2) is 4.98 Å². The average Bonchev–Trinajstić information content (AvgIpc) is 2.38. The zero-order valence-corrected chi connectivity index (χ0v) is 10.5. The quantitative estimate of drug-likeness (QED) is 0.858. The number of nitrogens with zero attached hydrogens (tertiary/aromatic N) is 2. The molecule has 1 atom stereocenters. The Morgan fingerprint density at radius 3 is 2.83 bits per heavy atom. The number of nitrogens with two attached hydrogens (primary N) is 2. The second kappa shape index (κ2) is 5.60. The van der Waals surface area contributed by atoms with E-state index < -0.39 is 0 Å². The lowest BCUT2D eigenvalue weighted by molar-refractivity contribution is 0.709. The van der Waals surface area contributed by atoms with E-state index in [-0.39, 0.29) is 6.04 Å². The summed E-state index contributed by atoms with van der Waals surface area (Å²) in [5, 5.41) is 0. The van der Waals surface area contributed by atoms with E-state index in [1.165, 1.54) is 5.56 Å². The second-order valence-corrected chi connectivity index (χ2v) is 4.33. The first kappa shape index (κ1) is 12.5. The van der Waals surface area contributed by atoms with Gasteiger partial charge in [0.15, 0.2) is 0 Å². The van der Waals surface area contributed by atoms with Crippen molar-refractivity contribution in [1.29, 1.82) is 0 Å². The maximum Gasteiger partial charge on any atom is 0.123 e. The first-order valence-corrected chi connectivity index (χ1v) is 6.09. The van der Waals surface area contributed by atoms with Crippen LogP contribution in [-0.2, 0) is 12.8 Å². The summed E-state index contributed by atoms with van der Waals surface area (Å²) in [5.74, 6) is 0.533. The molecule has 0 aromatic carbocycles. The highest BCUT2D eigenvalue weighted by molar-refractivity contribution is 5.34. The number of nitrogen functional groups attached to an aromatic ring is 1. The molecule has 4 N–H and O–H groups in total. The highest BCUT2D eigenvalue weighted by Gasteiger charge is 2.11. The van der Waals surface area contributed by atoms with Crippen LogP contribution in [0.15, 0.2) is 36.8 Å². The number of rotatable bonds is 4. The molecule has 0 bridgehead atoms. The minimum absolute atomic E-state index is 0.0373. The smallest absolute Gasteiger partial charge is 0.123 e. The van der Waals surface area contributed by atoms with E-state index in [9.17, 15) is 0 Å². The molecule has 0 saturated heterocycles. The summed E-state index contributed by atoms with van der Waals surface area (Å²) in [6.07, 6.45) is 7.08. The van der Waals surface area contributed by atoms with Crippen LogP contribution in [0, 0.1) is 0 Å². The Balaban J connectivity index is 2.19. The van der Waals surface area contributed by atoms with Crippen molar-refractivity contribution in [3.05, 3.63) is 53.5 Å². The van der Waals surface area contributed by atoms with Gasteiger partial charge in [-0.1, -0.05) is 6.92 Å². The van der Waals surface area contributed by atoms with Crippen LogP contribution in [0.5, 0.6) is 0 Å². The van der Waals surface area contributed by atoms with Crippen molar-refractivity contribution >= 4 is 5.82 Å². The van der Waals surface area contributed by atoms with Crippen LogP contribution in [0.1, 0.15) is 29.7 Å². The molecule has 94 valence electrons. The zero-order chi connectivity index (χ0) is 13.0. The van der Waals surface area contributed by atoms with Crippen molar-refractivity contribution in [1.82, 2.24) is 9.97 Å². The molecule has 18 heavy (non-hydrogen) atoms. The highest BCUT2D eigenvalue weighted by atomic mass is 14.8. The fourth-order valence-corrected chi connectivity index (χ4v) is 2.08. The van der Waals surface area contributed by atoms with Gasteiger partial charge in [0.25, 0.3) is 0 Å². The van der Waals surface area contributed by atoms with Crippen LogP contribution in [0.4, 0.5) is 5.82 Å². The maximum atomic E-state index is 6.26. The van der Waals surface area contributed by atoms with E-state index in [1.54, 1.807) is 12.4 Å². The van der Waals surface area contributed by atoms with Crippen molar-refractivity contribution in [3.63, 3.8) is 0 Å². The van der Waals surface area contributed by atoms with Gasteiger partial charge in [0.2, 0.25) is 0 Å². The molecule has 2 aromatic rings. The third-order valence-corrected chi connectivity index (χ3v) is 3.02. The first-order chi connectivity index (χ1) is 8.70. The molecule has 1 unspecified atom stereocenters. The fraction of sp³-hybridized carbons (Fsp3) is 0.286. The average molecular weight is 242 g/mol. The molecule has 0 amide bonds. The van der Waals surface area contributed by atoms with Crippen molar-refractivity contribution in [2.24, 2.45) is 5.73 Å². The Kier molecular flexibility index (Phi) is 3.89. The molecule has 0 aliphatic heterocycles. The molecule has 4 nitrogen and oxygen atoms in total. The number of pyridine rings is 2. The van der Waals surface area contributed by atoms with Crippen LogP contribution in [0.3, 0.4) is 0 Å². The molecule has 0 radical (unpaired) electrons. The highest BCUT2D eigenvalue weighted by Crippen LogP contribution is 2.20. The summed E-state index contributed by atoms with van der Waals surface area (Å²) in [6, 6.07) is 5.77. The lowest BCUT2D eigenvalue weighted by Gasteiger charge is -2.15. The van der Waals surface area contributed by atoms with Crippen LogP contribution in [0.25, 0.3) is 0 Å². The molecule has 0 fully saturated rings. The van der Waals surface area contributed by atoms with Crippen molar-refractivity contribution in [2.75, 3.05) is 5.73 Å². The normalized spacial score (nSPS) is 12.3. The van der Waals surface area contributed by atoms with Gasteiger partial charge in [0.1, 0.15) is 5.82 Å². The molecule has 0 aliphatic carbocycles. The van der Waals surface area contributed by atoms with Gasteiger partial charge in [-0.3, -0.25) is 4.98 Å². The predicted octanol–water partition coefficient (Wildman–Crippen LogP) is 1.86. The molecule has 4 heteroatoms. The van der Waals surface area contributed by atoms with Gasteiger partial charge in [-0.15, -0.1) is 0 Å². The second-order valence-electron chi connectivity index (χ2n) is 4.33. The lowest BCUT2D eigenvalue weighted by Crippen LogP contribution is -2.15. The fourth-order valence-electron chi connectivity index (χ4n) is 2.08. The molecule has 2 heterocycles. The van der Waals surface area contributed by atoms with Gasteiger partial charge < -0.3 is 11.5 Å². The van der Waals surface area contributed by atoms with Gasteiger partial charge in [0, 0.05) is 24.6 Å². The van der Waals surface area contributed by atoms with Gasteiger partial charge in [-0.05, 0) is 47.7 Å². The predicted molar refractivity (Wildman–Crippen MR) is 72.9 cm³/mol. The number of aryl methyl sites for hydroxylation is 1. The molecule has 2 rings (SSSR count). The third-order valence-electron chi connectivity index (χ3n) is 3.02. The van der Waals surface area contributed by atoms with E-state index in [1.807, 2.05) is 24.4 Å². The Morgan fingerprint density at radius 2 is 2.11 bits per heavy atom. The molecule has 0 saturated carbocycles. The molecular weight excluding hydrogens is 224 g/mol. The van der Waals surface area contributed by atoms with Crippen molar-refractivity contribution in [3.8, 4) is 0 Å². The van der Waals surface area contributed by atoms with Crippen LogP contribution in [-0.4, -0.2) is 9.97 Å². The first-order valence-electron chi connectivity index (χ1n) is 6.09.